The summed E-state index contributed by atoms with van der Waals surface area (Å²) in [6.45, 7) is 2.05. The first kappa shape index (κ1) is 10.1. The van der Waals surface area contributed by atoms with E-state index in [1.807, 2.05) is 28.9 Å². The highest BCUT2D eigenvalue weighted by Crippen LogP contribution is 2.19. The fraction of sp³-hybridized carbons (Fsp3) is 0.182. The third-order valence-electron chi connectivity index (χ3n) is 2.29. The summed E-state index contributed by atoms with van der Waals surface area (Å²) in [5.41, 5.74) is 8.48. The van der Waals surface area contributed by atoms with Crippen LogP contribution in [0.25, 0.3) is 5.69 Å². The summed E-state index contributed by atoms with van der Waals surface area (Å²) in [6, 6.07) is 7.56. The molecule has 0 saturated carbocycles. The number of anilines is 1. The monoisotopic (exact) mass is 221 g/mol. The third kappa shape index (κ3) is 1.83. The lowest BCUT2D eigenvalue weighted by Crippen LogP contribution is -2.02. The predicted molar refractivity (Wildman–Crippen MR) is 62.4 cm³/mol. The molecule has 0 aliphatic heterocycles. The minimum Gasteiger partial charge on any atom is -0.396 e. The number of hydrogen-bond donors (Lipinski definition) is 1. The van der Waals surface area contributed by atoms with Gasteiger partial charge in [-0.25, -0.2) is 4.68 Å². The van der Waals surface area contributed by atoms with E-state index in [0.29, 0.717) is 5.02 Å². The average molecular weight is 222 g/mol. The van der Waals surface area contributed by atoms with Gasteiger partial charge in [0.05, 0.1) is 23.3 Å². The van der Waals surface area contributed by atoms with Crippen molar-refractivity contribution >= 4 is 17.3 Å². The molecule has 0 bridgehead atoms. The van der Waals surface area contributed by atoms with Gasteiger partial charge in [0.2, 0.25) is 0 Å². The summed E-state index contributed by atoms with van der Waals surface area (Å²) in [5.74, 6) is 0. The lowest BCUT2D eigenvalue weighted by Gasteiger charge is -2.06. The number of benzene rings is 1. The van der Waals surface area contributed by atoms with Crippen molar-refractivity contribution < 1.29 is 0 Å². The molecule has 15 heavy (non-hydrogen) atoms. The molecule has 0 atom stereocenters. The maximum Gasteiger partial charge on any atom is 0.0737 e. The number of rotatable bonds is 2. The summed E-state index contributed by atoms with van der Waals surface area (Å²) in [6.07, 6.45) is 2.51. The van der Waals surface area contributed by atoms with Crippen LogP contribution < -0.4 is 5.73 Å². The van der Waals surface area contributed by atoms with Crippen LogP contribution in [0.15, 0.2) is 30.5 Å². The van der Waals surface area contributed by atoms with Crippen LogP contribution in [-0.2, 0) is 6.42 Å². The maximum absolute atomic E-state index is 5.92. The fourth-order valence-electron chi connectivity index (χ4n) is 1.57. The second kappa shape index (κ2) is 3.95. The highest BCUT2D eigenvalue weighted by atomic mass is 35.5. The van der Waals surface area contributed by atoms with Gasteiger partial charge in [-0.2, -0.15) is 5.10 Å². The molecule has 1 heterocycles. The Morgan fingerprint density at radius 3 is 2.93 bits per heavy atom. The van der Waals surface area contributed by atoms with Crippen molar-refractivity contribution in [3.8, 4) is 5.69 Å². The molecule has 0 spiro atoms. The van der Waals surface area contributed by atoms with Crippen molar-refractivity contribution in [3.63, 3.8) is 0 Å². The molecule has 2 rings (SSSR count). The molecular weight excluding hydrogens is 210 g/mol. The Labute approximate surface area is 93.5 Å². The minimum absolute atomic E-state index is 0.698. The van der Waals surface area contributed by atoms with E-state index >= 15 is 0 Å². The van der Waals surface area contributed by atoms with E-state index in [2.05, 4.69) is 12.0 Å². The molecule has 0 amide bonds. The highest BCUT2D eigenvalue weighted by molar-refractivity contribution is 6.30. The van der Waals surface area contributed by atoms with E-state index in [1.54, 1.807) is 6.20 Å². The molecule has 0 unspecified atom stereocenters. The predicted octanol–water partition coefficient (Wildman–Crippen LogP) is 2.67. The van der Waals surface area contributed by atoms with Crippen LogP contribution in [0.5, 0.6) is 0 Å². The molecule has 0 saturated heterocycles. The zero-order chi connectivity index (χ0) is 10.8. The molecular formula is C11H12ClN3. The Bertz CT molecular complexity index is 476. The van der Waals surface area contributed by atoms with Gasteiger partial charge in [0.25, 0.3) is 0 Å². The Hall–Kier alpha value is -1.48. The Morgan fingerprint density at radius 2 is 2.27 bits per heavy atom. The van der Waals surface area contributed by atoms with Gasteiger partial charge in [-0.05, 0) is 24.6 Å². The summed E-state index contributed by atoms with van der Waals surface area (Å²) in [7, 11) is 0. The normalized spacial score (nSPS) is 10.5. The van der Waals surface area contributed by atoms with E-state index in [4.69, 9.17) is 17.3 Å². The zero-order valence-corrected chi connectivity index (χ0v) is 9.20. The minimum atomic E-state index is 0.698. The molecule has 0 aliphatic rings. The highest BCUT2D eigenvalue weighted by Gasteiger charge is 2.07. The van der Waals surface area contributed by atoms with Crippen LogP contribution in [0.3, 0.4) is 0 Å². The first-order chi connectivity index (χ1) is 7.22. The molecule has 0 fully saturated rings. The topological polar surface area (TPSA) is 43.8 Å². The van der Waals surface area contributed by atoms with E-state index in [1.165, 1.54) is 0 Å². The largest absolute Gasteiger partial charge is 0.396 e. The molecule has 3 nitrogen and oxygen atoms in total. The first-order valence-corrected chi connectivity index (χ1v) is 5.18. The number of nitrogen functional groups attached to an aromatic ring is 1. The van der Waals surface area contributed by atoms with Crippen LogP contribution in [0.2, 0.25) is 5.02 Å². The maximum atomic E-state index is 5.92. The van der Waals surface area contributed by atoms with Crippen molar-refractivity contribution in [1.82, 2.24) is 9.78 Å². The summed E-state index contributed by atoms with van der Waals surface area (Å²) in [4.78, 5) is 0. The van der Waals surface area contributed by atoms with Crippen molar-refractivity contribution in [2.45, 2.75) is 13.3 Å². The van der Waals surface area contributed by atoms with E-state index in [0.717, 1.165) is 23.5 Å². The molecule has 2 N–H and O–H groups in total. The van der Waals surface area contributed by atoms with Crippen LogP contribution in [-0.4, -0.2) is 9.78 Å². The number of nitrogens with two attached hydrogens (primary N) is 1. The smallest absolute Gasteiger partial charge is 0.0737 e. The summed E-state index contributed by atoms with van der Waals surface area (Å²) >= 11 is 5.92. The Kier molecular flexibility index (Phi) is 2.64. The van der Waals surface area contributed by atoms with Gasteiger partial charge < -0.3 is 5.73 Å². The van der Waals surface area contributed by atoms with E-state index in [-0.39, 0.29) is 0 Å². The van der Waals surface area contributed by atoms with Crippen LogP contribution >= 0.6 is 11.6 Å². The number of hydrogen-bond acceptors (Lipinski definition) is 2. The quantitative estimate of drug-likeness (QED) is 0.848. The summed E-state index contributed by atoms with van der Waals surface area (Å²) in [5, 5.41) is 4.93. The van der Waals surface area contributed by atoms with Crippen LogP contribution in [0.4, 0.5) is 5.69 Å². The first-order valence-electron chi connectivity index (χ1n) is 4.80. The molecule has 78 valence electrons. The second-order valence-corrected chi connectivity index (χ2v) is 3.73. The van der Waals surface area contributed by atoms with Gasteiger partial charge >= 0.3 is 0 Å². The van der Waals surface area contributed by atoms with Gasteiger partial charge in [-0.1, -0.05) is 24.6 Å². The Morgan fingerprint density at radius 1 is 1.47 bits per heavy atom. The van der Waals surface area contributed by atoms with Crippen LogP contribution in [0, 0.1) is 0 Å². The molecule has 1 aromatic carbocycles. The Balaban J connectivity index is 2.54. The SMILES string of the molecule is CCc1c(N)cnn1-c1cccc(Cl)c1. The van der Waals surface area contributed by atoms with Gasteiger partial charge in [0, 0.05) is 5.02 Å². The van der Waals surface area contributed by atoms with Crippen LogP contribution in [0.1, 0.15) is 12.6 Å². The van der Waals surface area contributed by atoms with Crippen molar-refractivity contribution in [2.75, 3.05) is 5.73 Å². The van der Waals surface area contributed by atoms with Gasteiger partial charge in [0.1, 0.15) is 0 Å². The number of aromatic nitrogens is 2. The molecule has 4 heteroatoms. The third-order valence-corrected chi connectivity index (χ3v) is 2.52. The molecule has 0 radical (unpaired) electrons. The van der Waals surface area contributed by atoms with E-state index < -0.39 is 0 Å². The van der Waals surface area contributed by atoms with Gasteiger partial charge in [0.15, 0.2) is 0 Å². The lowest BCUT2D eigenvalue weighted by molar-refractivity contribution is 0.815. The average Bonchev–Trinajstić information content (AvgIpc) is 2.59. The zero-order valence-electron chi connectivity index (χ0n) is 8.44. The number of nitrogens with zero attached hydrogens (tertiary/aromatic N) is 2. The number of halogens is 1. The molecule has 0 aliphatic carbocycles. The van der Waals surface area contributed by atoms with Crippen molar-refractivity contribution in [3.05, 3.63) is 41.2 Å². The van der Waals surface area contributed by atoms with Crippen molar-refractivity contribution in [2.24, 2.45) is 0 Å². The fourth-order valence-corrected chi connectivity index (χ4v) is 1.76. The van der Waals surface area contributed by atoms with Gasteiger partial charge in [-0.15, -0.1) is 0 Å². The van der Waals surface area contributed by atoms with E-state index in [9.17, 15) is 0 Å². The summed E-state index contributed by atoms with van der Waals surface area (Å²) < 4.78 is 1.82. The van der Waals surface area contributed by atoms with Gasteiger partial charge in [-0.3, -0.25) is 0 Å². The standard InChI is InChI=1S/C11H12ClN3/c1-2-11-10(13)7-14-15(11)9-5-3-4-8(12)6-9/h3-7H,2,13H2,1H3. The lowest BCUT2D eigenvalue weighted by atomic mass is 10.2. The molecule has 1 aromatic heterocycles. The molecule has 2 aromatic rings. The van der Waals surface area contributed by atoms with Crippen molar-refractivity contribution in [1.29, 1.82) is 0 Å². The second-order valence-electron chi connectivity index (χ2n) is 3.29.